The van der Waals surface area contributed by atoms with Crippen molar-refractivity contribution in [3.05, 3.63) is 255 Å². The second-order valence-corrected chi connectivity index (χ2v) is 19.0. The van der Waals surface area contributed by atoms with Crippen LogP contribution >= 0.6 is 0 Å². The van der Waals surface area contributed by atoms with Gasteiger partial charge in [-0.15, -0.1) is 0 Å². The third-order valence-corrected chi connectivity index (χ3v) is 15.4. The Hall–Kier alpha value is -9.10. The molecule has 0 radical (unpaired) electrons. The molecule has 0 saturated heterocycles. The summed E-state index contributed by atoms with van der Waals surface area (Å²) < 4.78 is 0. The average molecular weight is 883 g/mol. The van der Waals surface area contributed by atoms with Crippen LogP contribution < -0.4 is 0 Å². The van der Waals surface area contributed by atoms with E-state index in [1.54, 1.807) is 0 Å². The molecule has 0 aliphatic carbocycles. The summed E-state index contributed by atoms with van der Waals surface area (Å²) in [6.07, 6.45) is 0. The van der Waals surface area contributed by atoms with E-state index in [0.717, 1.165) is 0 Å². The third kappa shape index (κ3) is 5.65. The van der Waals surface area contributed by atoms with Crippen LogP contribution in [-0.4, -0.2) is 0 Å². The molecule has 322 valence electrons. The van der Waals surface area contributed by atoms with Crippen molar-refractivity contribution in [1.82, 2.24) is 0 Å². The highest BCUT2D eigenvalue weighted by Crippen LogP contribution is 2.48. The second kappa shape index (κ2) is 15.2. The second-order valence-electron chi connectivity index (χ2n) is 19.0. The molecular weight excluding hydrogens is 841 g/mol. The van der Waals surface area contributed by atoms with E-state index < -0.39 is 0 Å². The van der Waals surface area contributed by atoms with Crippen molar-refractivity contribution < 1.29 is 0 Å². The number of fused-ring (bicyclic) bond motifs is 18. The summed E-state index contributed by atoms with van der Waals surface area (Å²) in [5.74, 6) is 0. The molecule has 0 unspecified atom stereocenters. The lowest BCUT2D eigenvalue weighted by atomic mass is 9.84. The van der Waals surface area contributed by atoms with Crippen molar-refractivity contribution in [2.24, 2.45) is 0 Å². The highest BCUT2D eigenvalue weighted by atomic mass is 14.2. The molecule has 0 nitrogen and oxygen atoms in total. The molecule has 0 aromatic heterocycles. The van der Waals surface area contributed by atoms with Crippen molar-refractivity contribution in [2.45, 2.75) is 0 Å². The number of hydrogen-bond acceptors (Lipinski definition) is 0. The van der Waals surface area contributed by atoms with Crippen molar-refractivity contribution >= 4 is 108 Å². The van der Waals surface area contributed by atoms with Crippen LogP contribution in [0.1, 0.15) is 0 Å². The highest BCUT2D eigenvalue weighted by molar-refractivity contribution is 6.34. The zero-order valence-electron chi connectivity index (χ0n) is 38.2. The van der Waals surface area contributed by atoms with E-state index in [0.29, 0.717) is 0 Å². The van der Waals surface area contributed by atoms with Crippen LogP contribution in [0.15, 0.2) is 255 Å². The molecule has 0 spiro atoms. The van der Waals surface area contributed by atoms with E-state index in [9.17, 15) is 0 Å². The molecule has 0 bridgehead atoms. The molecule has 0 N–H and O–H groups in total. The van der Waals surface area contributed by atoms with Gasteiger partial charge in [-0.3, -0.25) is 0 Å². The summed E-state index contributed by atoms with van der Waals surface area (Å²) in [4.78, 5) is 0. The number of rotatable bonds is 4. The number of hydrogen-bond donors (Lipinski definition) is 0. The van der Waals surface area contributed by atoms with Crippen molar-refractivity contribution in [3.8, 4) is 44.5 Å². The molecule has 0 heteroatoms. The molecule has 0 aliphatic heterocycles. The quantitative estimate of drug-likeness (QED) is 0.122. The van der Waals surface area contributed by atoms with Gasteiger partial charge >= 0.3 is 0 Å². The third-order valence-electron chi connectivity index (χ3n) is 15.4. The van der Waals surface area contributed by atoms with Gasteiger partial charge < -0.3 is 0 Å². The Morgan fingerprint density at radius 1 is 0.143 bits per heavy atom. The first kappa shape index (κ1) is 38.9. The lowest BCUT2D eigenvalue weighted by Gasteiger charge is -2.19. The first-order chi connectivity index (χ1) is 34.8. The molecule has 0 fully saturated rings. The largest absolute Gasteiger partial charge is 0.0616 e. The fourth-order valence-corrected chi connectivity index (χ4v) is 12.4. The molecule has 0 amide bonds. The zero-order valence-corrected chi connectivity index (χ0v) is 38.2. The molecule has 15 aromatic carbocycles. The van der Waals surface area contributed by atoms with Crippen LogP contribution in [0.5, 0.6) is 0 Å². The fourth-order valence-electron chi connectivity index (χ4n) is 12.4. The Bertz CT molecular complexity index is 4630. The monoisotopic (exact) mass is 882 g/mol. The van der Waals surface area contributed by atoms with Gasteiger partial charge in [0.1, 0.15) is 0 Å². The molecule has 15 rings (SSSR count). The van der Waals surface area contributed by atoms with Gasteiger partial charge in [-0.1, -0.05) is 237 Å². The highest BCUT2D eigenvalue weighted by Gasteiger charge is 2.20. The topological polar surface area (TPSA) is 0 Å². The van der Waals surface area contributed by atoms with Gasteiger partial charge in [0.25, 0.3) is 0 Å². The minimum Gasteiger partial charge on any atom is -0.0616 e. The molecule has 0 aliphatic rings. The van der Waals surface area contributed by atoms with Gasteiger partial charge in [-0.25, -0.2) is 0 Å². The molecule has 0 atom stereocenters. The zero-order chi connectivity index (χ0) is 45.9. The van der Waals surface area contributed by atoms with Gasteiger partial charge in [0, 0.05) is 0 Å². The van der Waals surface area contributed by atoms with E-state index in [2.05, 4.69) is 255 Å². The first-order valence-electron chi connectivity index (χ1n) is 24.4. The Morgan fingerprint density at radius 2 is 0.414 bits per heavy atom. The van der Waals surface area contributed by atoms with Crippen molar-refractivity contribution in [1.29, 1.82) is 0 Å². The lowest BCUT2D eigenvalue weighted by molar-refractivity contribution is 1.63. The van der Waals surface area contributed by atoms with Gasteiger partial charge in [-0.2, -0.15) is 0 Å². The molecule has 0 heterocycles. The molecule has 0 saturated carbocycles. The maximum absolute atomic E-state index is 2.46. The maximum Gasteiger partial charge on any atom is -0.00199 e. The maximum atomic E-state index is 2.46. The summed E-state index contributed by atoms with van der Waals surface area (Å²) in [6, 6.07) is 95.1. The molecule has 15 aromatic rings. The predicted molar refractivity (Wildman–Crippen MR) is 303 cm³/mol. The summed E-state index contributed by atoms with van der Waals surface area (Å²) in [5.41, 5.74) is 9.86. The van der Waals surface area contributed by atoms with E-state index in [-0.39, 0.29) is 0 Å². The summed E-state index contributed by atoms with van der Waals surface area (Å²) in [7, 11) is 0. The summed E-state index contributed by atoms with van der Waals surface area (Å²) >= 11 is 0. The standard InChI is InChI=1S/C70H42/c1-3-24-51-47(20-1)49-22-5-9-28-55(49)69-57-30-11-7-26-53(57)63(41-65(51)69)43-36-38-44(39-37-43)67-59-32-13-15-34-61(59)68(62-35-16-14-33-60(62)67)46-19-17-18-45(40-46)64-42-66-52-25-4-2-21-48(52)50-23-6-10-29-56(50)70(66)58-31-12-8-27-54(58)64/h1-42H. The van der Waals surface area contributed by atoms with Gasteiger partial charge in [0.05, 0.1) is 0 Å². The Kier molecular flexibility index (Phi) is 8.46. The van der Waals surface area contributed by atoms with Crippen LogP contribution in [0.4, 0.5) is 0 Å². The Morgan fingerprint density at radius 3 is 0.829 bits per heavy atom. The van der Waals surface area contributed by atoms with Gasteiger partial charge in [0.2, 0.25) is 0 Å². The van der Waals surface area contributed by atoms with Crippen LogP contribution in [0.25, 0.3) is 152 Å². The van der Waals surface area contributed by atoms with Crippen LogP contribution in [-0.2, 0) is 0 Å². The van der Waals surface area contributed by atoms with Gasteiger partial charge in [-0.05, 0) is 170 Å². The smallest absolute Gasteiger partial charge is 0.00199 e. The minimum atomic E-state index is 1.21. The van der Waals surface area contributed by atoms with E-state index >= 15 is 0 Å². The SMILES string of the molecule is c1cc(-c2c3ccccc3c(-c3ccc(-c4cc5c6ccccc6c6ccccc6c5c5ccccc45)cc3)c3ccccc23)cc(-c2cc3c4ccccc4c4ccccc4c3c3ccccc23)c1. The van der Waals surface area contributed by atoms with Crippen LogP contribution in [0, 0.1) is 0 Å². The summed E-state index contributed by atoms with van der Waals surface area (Å²) in [6.45, 7) is 0. The van der Waals surface area contributed by atoms with E-state index in [1.165, 1.54) is 152 Å². The summed E-state index contributed by atoms with van der Waals surface area (Å²) in [5, 5.41) is 25.7. The van der Waals surface area contributed by atoms with Crippen molar-refractivity contribution in [3.63, 3.8) is 0 Å². The minimum absolute atomic E-state index is 1.21. The average Bonchev–Trinajstić information content (AvgIpc) is 3.44. The Labute approximate surface area is 404 Å². The van der Waals surface area contributed by atoms with Crippen LogP contribution in [0.3, 0.4) is 0 Å². The van der Waals surface area contributed by atoms with Crippen LogP contribution in [0.2, 0.25) is 0 Å². The predicted octanol–water partition coefficient (Wildman–Crippen LogP) is 19.9. The van der Waals surface area contributed by atoms with Gasteiger partial charge in [0.15, 0.2) is 0 Å². The lowest BCUT2D eigenvalue weighted by Crippen LogP contribution is -1.92. The van der Waals surface area contributed by atoms with Crippen molar-refractivity contribution in [2.75, 3.05) is 0 Å². The normalized spacial score (nSPS) is 12.0. The Balaban J connectivity index is 0.910. The fraction of sp³-hybridized carbons (Fsp3) is 0. The molecule has 70 heavy (non-hydrogen) atoms. The first-order valence-corrected chi connectivity index (χ1v) is 24.4. The molecular formula is C70H42. The van der Waals surface area contributed by atoms with E-state index in [1.807, 2.05) is 0 Å². The number of benzene rings is 15. The van der Waals surface area contributed by atoms with E-state index in [4.69, 9.17) is 0 Å².